The molecule has 1 rings (SSSR count). The van der Waals surface area contributed by atoms with Crippen LogP contribution in [0.5, 0.6) is 0 Å². The molecule has 1 aliphatic heterocycles. The summed E-state index contributed by atoms with van der Waals surface area (Å²) in [5.41, 5.74) is 0. The third-order valence-corrected chi connectivity index (χ3v) is 1.85. The Bertz CT molecular complexity index is 75.0. The molecule has 0 saturated carbocycles. The van der Waals surface area contributed by atoms with Gasteiger partial charge in [0.1, 0.15) is 0 Å². The monoisotopic (exact) mass is 126 g/mol. The molecule has 0 aromatic rings. The van der Waals surface area contributed by atoms with Crippen molar-refractivity contribution in [2.45, 2.75) is 0 Å². The highest BCUT2D eigenvalue weighted by molar-refractivity contribution is 4.68. The molecule has 0 bridgehead atoms. The Balaban J connectivity index is 2.18. The molecule has 0 aliphatic carbocycles. The quantitative estimate of drug-likeness (QED) is 0.486. The van der Waals surface area contributed by atoms with Crippen LogP contribution in [0.1, 0.15) is 0 Å². The van der Waals surface area contributed by atoms with Crippen LogP contribution in [0.3, 0.4) is 0 Å². The van der Waals surface area contributed by atoms with Crippen LogP contribution in [0, 0.1) is 6.92 Å². The second-order valence-electron chi connectivity index (χ2n) is 2.60. The van der Waals surface area contributed by atoms with Crippen molar-refractivity contribution in [1.82, 2.24) is 9.80 Å². The SMILES string of the molecule is [CH]CN1CCN(C)CC1. The predicted molar refractivity (Wildman–Crippen MR) is 38.2 cm³/mol. The van der Waals surface area contributed by atoms with Crippen LogP contribution in [0.4, 0.5) is 0 Å². The molecule has 0 N–H and O–H groups in total. The zero-order valence-corrected chi connectivity index (χ0v) is 6.01. The van der Waals surface area contributed by atoms with Gasteiger partial charge in [0.15, 0.2) is 0 Å². The van der Waals surface area contributed by atoms with Gasteiger partial charge >= 0.3 is 0 Å². The summed E-state index contributed by atoms with van der Waals surface area (Å²) in [6.45, 7) is 10.8. The molecule has 0 aromatic carbocycles. The molecule has 0 atom stereocenters. The van der Waals surface area contributed by atoms with Crippen LogP contribution in [-0.2, 0) is 0 Å². The Labute approximate surface area is 57.4 Å². The molecule has 52 valence electrons. The molecule has 0 unspecified atom stereocenters. The average Bonchev–Trinajstić information content (AvgIpc) is 1.90. The average molecular weight is 126 g/mol. The van der Waals surface area contributed by atoms with Gasteiger partial charge in [-0.1, -0.05) is 0 Å². The van der Waals surface area contributed by atoms with E-state index in [1.165, 1.54) is 0 Å². The highest BCUT2D eigenvalue weighted by atomic mass is 15.2. The van der Waals surface area contributed by atoms with Crippen LogP contribution in [-0.4, -0.2) is 49.6 Å². The Morgan fingerprint density at radius 3 is 2.22 bits per heavy atom. The van der Waals surface area contributed by atoms with E-state index in [0.29, 0.717) is 6.54 Å². The number of hydrogen-bond donors (Lipinski definition) is 0. The third kappa shape index (κ3) is 1.95. The van der Waals surface area contributed by atoms with Gasteiger partial charge in [-0.05, 0) is 14.0 Å². The van der Waals surface area contributed by atoms with Crippen molar-refractivity contribution in [3.63, 3.8) is 0 Å². The van der Waals surface area contributed by atoms with Gasteiger partial charge in [0, 0.05) is 32.7 Å². The lowest BCUT2D eigenvalue weighted by atomic mass is 10.3. The van der Waals surface area contributed by atoms with Crippen LogP contribution in [0.25, 0.3) is 0 Å². The lowest BCUT2D eigenvalue weighted by Crippen LogP contribution is -2.44. The summed E-state index contributed by atoms with van der Waals surface area (Å²) in [6, 6.07) is 0. The van der Waals surface area contributed by atoms with Crippen LogP contribution in [0.2, 0.25) is 0 Å². The normalized spacial score (nSPS) is 24.7. The molecule has 0 aromatic heterocycles. The fourth-order valence-corrected chi connectivity index (χ4v) is 1.03. The van der Waals surface area contributed by atoms with Crippen molar-refractivity contribution in [2.75, 3.05) is 39.8 Å². The topological polar surface area (TPSA) is 6.48 Å². The van der Waals surface area contributed by atoms with E-state index in [1.54, 1.807) is 0 Å². The zero-order chi connectivity index (χ0) is 6.69. The van der Waals surface area contributed by atoms with Gasteiger partial charge in [-0.3, -0.25) is 0 Å². The lowest BCUT2D eigenvalue weighted by Gasteiger charge is -2.31. The summed E-state index contributed by atoms with van der Waals surface area (Å²) in [5.74, 6) is 0. The number of piperazine rings is 1. The molecule has 1 heterocycles. The zero-order valence-electron chi connectivity index (χ0n) is 6.01. The second-order valence-corrected chi connectivity index (χ2v) is 2.60. The molecule has 9 heavy (non-hydrogen) atoms. The number of hydrogen-bond acceptors (Lipinski definition) is 2. The number of rotatable bonds is 1. The van der Waals surface area contributed by atoms with Crippen molar-refractivity contribution in [1.29, 1.82) is 0 Å². The standard InChI is InChI=1S/C7H14N2/c1-3-9-6-4-8(2)5-7-9/h1H,3-7H2,2H3. The Morgan fingerprint density at radius 2 is 1.78 bits per heavy atom. The van der Waals surface area contributed by atoms with Crippen LogP contribution >= 0.6 is 0 Å². The molecule has 1 saturated heterocycles. The smallest absolute Gasteiger partial charge is 0.0110 e. The van der Waals surface area contributed by atoms with E-state index in [4.69, 9.17) is 6.92 Å². The summed E-state index contributed by atoms with van der Waals surface area (Å²) in [5, 5.41) is 0. The summed E-state index contributed by atoms with van der Waals surface area (Å²) < 4.78 is 0. The molecule has 0 amide bonds. The highest BCUT2D eigenvalue weighted by Gasteiger charge is 2.10. The van der Waals surface area contributed by atoms with E-state index in [9.17, 15) is 0 Å². The minimum atomic E-state index is 0.716. The van der Waals surface area contributed by atoms with Gasteiger partial charge < -0.3 is 9.80 Å². The van der Waals surface area contributed by atoms with Gasteiger partial charge in [-0.15, -0.1) is 0 Å². The maximum Gasteiger partial charge on any atom is 0.0110 e. The number of nitrogens with zero attached hydrogens (tertiary/aromatic N) is 2. The molecule has 1 aliphatic rings. The summed E-state index contributed by atoms with van der Waals surface area (Å²) in [6.07, 6.45) is 0. The largest absolute Gasteiger partial charge is 0.304 e. The van der Waals surface area contributed by atoms with E-state index in [0.717, 1.165) is 26.2 Å². The van der Waals surface area contributed by atoms with Gasteiger partial charge in [-0.2, -0.15) is 0 Å². The van der Waals surface area contributed by atoms with Crippen molar-refractivity contribution >= 4 is 0 Å². The number of likely N-dealkylation sites (N-methyl/N-ethyl adjacent to an activating group) is 1. The summed E-state index contributed by atoms with van der Waals surface area (Å²) in [7, 11) is 2.15. The fraction of sp³-hybridized carbons (Fsp3) is 0.857. The maximum atomic E-state index is 5.46. The third-order valence-electron chi connectivity index (χ3n) is 1.85. The lowest BCUT2D eigenvalue weighted by molar-refractivity contribution is 0.166. The van der Waals surface area contributed by atoms with Gasteiger partial charge in [0.05, 0.1) is 0 Å². The molecule has 1 fully saturated rings. The Hall–Kier alpha value is -0.0800. The summed E-state index contributed by atoms with van der Waals surface area (Å²) >= 11 is 0. The van der Waals surface area contributed by atoms with Crippen molar-refractivity contribution < 1.29 is 0 Å². The maximum absolute atomic E-state index is 5.46. The van der Waals surface area contributed by atoms with Gasteiger partial charge in [0.25, 0.3) is 0 Å². The molecule has 2 radical (unpaired) electrons. The van der Waals surface area contributed by atoms with Crippen molar-refractivity contribution in [3.8, 4) is 0 Å². The van der Waals surface area contributed by atoms with E-state index in [1.807, 2.05) is 0 Å². The first-order valence-corrected chi connectivity index (χ1v) is 3.44. The molecular weight excluding hydrogens is 112 g/mol. The molecule has 0 spiro atoms. The first-order valence-electron chi connectivity index (χ1n) is 3.44. The van der Waals surface area contributed by atoms with Gasteiger partial charge in [-0.25, -0.2) is 0 Å². The Morgan fingerprint density at radius 1 is 1.22 bits per heavy atom. The van der Waals surface area contributed by atoms with Crippen molar-refractivity contribution in [2.24, 2.45) is 0 Å². The van der Waals surface area contributed by atoms with Gasteiger partial charge in [0.2, 0.25) is 0 Å². The summed E-state index contributed by atoms with van der Waals surface area (Å²) in [4.78, 5) is 4.59. The molecular formula is C7H14N2. The van der Waals surface area contributed by atoms with E-state index in [-0.39, 0.29) is 0 Å². The molecule has 2 nitrogen and oxygen atoms in total. The van der Waals surface area contributed by atoms with Crippen LogP contribution in [0.15, 0.2) is 0 Å². The minimum absolute atomic E-state index is 0.716. The van der Waals surface area contributed by atoms with E-state index < -0.39 is 0 Å². The fourth-order valence-electron chi connectivity index (χ4n) is 1.03. The first-order chi connectivity index (χ1) is 4.33. The first kappa shape index (κ1) is 7.03. The second kappa shape index (κ2) is 3.18. The van der Waals surface area contributed by atoms with Crippen LogP contribution < -0.4 is 0 Å². The molecule has 2 heteroatoms. The minimum Gasteiger partial charge on any atom is -0.304 e. The Kier molecular flexibility index (Phi) is 2.49. The van der Waals surface area contributed by atoms with E-state index in [2.05, 4.69) is 16.8 Å². The van der Waals surface area contributed by atoms with Crippen molar-refractivity contribution in [3.05, 3.63) is 6.92 Å². The van der Waals surface area contributed by atoms with E-state index >= 15 is 0 Å². The predicted octanol–water partition coefficient (Wildman–Crippen LogP) is -0.0551. The highest BCUT2D eigenvalue weighted by Crippen LogP contribution is 1.96.